The minimum Gasteiger partial charge on any atom is -0.501 e. The van der Waals surface area contributed by atoms with Crippen LogP contribution in [-0.2, 0) is 13.1 Å². The normalized spacial score (nSPS) is 21.0. The molecule has 0 radical (unpaired) electrons. The first kappa shape index (κ1) is 15.8. The smallest absolute Gasteiger partial charge is 0.296 e. The number of aromatic nitrogens is 2. The Morgan fingerprint density at radius 3 is 2.84 bits per heavy atom. The van der Waals surface area contributed by atoms with Crippen molar-refractivity contribution in [3.63, 3.8) is 0 Å². The van der Waals surface area contributed by atoms with Crippen molar-refractivity contribution in [2.45, 2.75) is 38.3 Å². The lowest BCUT2D eigenvalue weighted by molar-refractivity contribution is 0.0941. The van der Waals surface area contributed by atoms with E-state index < -0.39 is 17.2 Å². The average Bonchev–Trinajstić information content (AvgIpc) is 3.00. The van der Waals surface area contributed by atoms with Gasteiger partial charge in [-0.1, -0.05) is 12.1 Å². The van der Waals surface area contributed by atoms with E-state index in [0.29, 0.717) is 23.9 Å². The third kappa shape index (κ3) is 2.79. The van der Waals surface area contributed by atoms with E-state index in [2.05, 4.69) is 10.3 Å². The second kappa shape index (κ2) is 5.98. The molecule has 2 aliphatic rings. The fourth-order valence-corrected chi connectivity index (χ4v) is 3.81. The third-order valence-electron chi connectivity index (χ3n) is 5.10. The van der Waals surface area contributed by atoms with Gasteiger partial charge in [-0.3, -0.25) is 14.2 Å². The van der Waals surface area contributed by atoms with Crippen LogP contribution in [0.15, 0.2) is 29.1 Å². The molecule has 1 aromatic heterocycles. The molecular weight excluding hydrogens is 325 g/mol. The van der Waals surface area contributed by atoms with Crippen LogP contribution >= 0.6 is 0 Å². The molecule has 1 amide bonds. The zero-order valence-electron chi connectivity index (χ0n) is 13.5. The largest absolute Gasteiger partial charge is 0.501 e. The van der Waals surface area contributed by atoms with Crippen molar-refractivity contribution >= 4 is 5.91 Å². The molecule has 1 aromatic carbocycles. The van der Waals surface area contributed by atoms with Crippen LogP contribution in [-0.4, -0.2) is 20.6 Å². The number of aromatic hydroxyl groups is 1. The second-order valence-electron chi connectivity index (χ2n) is 6.77. The second-order valence-corrected chi connectivity index (χ2v) is 6.77. The molecule has 25 heavy (non-hydrogen) atoms. The molecule has 1 aliphatic carbocycles. The predicted octanol–water partition coefficient (Wildman–Crippen LogP) is 1.92. The standard InChI is InChI=1S/C18H18FN3O3/c19-13-5-2-10(3-6-13)8-20-17(24)14-15(23)18(25)22-9-11-1-4-12(7-11)16(22)21-14/h2-3,5-6,11-12,23H,1,4,7-9H2,(H,20,24). The van der Waals surface area contributed by atoms with E-state index in [0.717, 1.165) is 19.3 Å². The Morgan fingerprint density at radius 1 is 1.32 bits per heavy atom. The van der Waals surface area contributed by atoms with E-state index in [1.165, 1.54) is 16.7 Å². The molecular formula is C18H18FN3O3. The summed E-state index contributed by atoms with van der Waals surface area (Å²) in [5, 5.41) is 12.8. The number of rotatable bonds is 3. The molecule has 2 unspecified atom stereocenters. The Bertz CT molecular complexity index is 892. The molecule has 1 saturated carbocycles. The van der Waals surface area contributed by atoms with Gasteiger partial charge < -0.3 is 10.4 Å². The molecule has 2 N–H and O–H groups in total. The summed E-state index contributed by atoms with van der Waals surface area (Å²) in [6.07, 6.45) is 2.98. The summed E-state index contributed by atoms with van der Waals surface area (Å²) in [5.41, 5.74) is -0.0696. The number of benzene rings is 1. The molecule has 2 aromatic rings. The summed E-state index contributed by atoms with van der Waals surface area (Å²) >= 11 is 0. The summed E-state index contributed by atoms with van der Waals surface area (Å²) in [4.78, 5) is 29.1. The van der Waals surface area contributed by atoms with Crippen LogP contribution < -0.4 is 10.9 Å². The number of carbonyl (C=O) groups excluding carboxylic acids is 1. The molecule has 7 heteroatoms. The predicted molar refractivity (Wildman–Crippen MR) is 87.8 cm³/mol. The number of nitrogens with zero attached hydrogens (tertiary/aromatic N) is 2. The lowest BCUT2D eigenvalue weighted by Crippen LogP contribution is -2.34. The summed E-state index contributed by atoms with van der Waals surface area (Å²) in [7, 11) is 0. The summed E-state index contributed by atoms with van der Waals surface area (Å²) in [6.45, 7) is 0.715. The topological polar surface area (TPSA) is 84.2 Å². The number of hydrogen-bond donors (Lipinski definition) is 2. The highest BCUT2D eigenvalue weighted by molar-refractivity contribution is 5.94. The molecule has 2 atom stereocenters. The SMILES string of the molecule is O=C(NCc1ccc(F)cc1)c1nc2n(c(=O)c1O)CC1CCC2C1. The third-order valence-corrected chi connectivity index (χ3v) is 5.10. The number of carbonyl (C=O) groups is 1. The van der Waals surface area contributed by atoms with E-state index in [1.807, 2.05) is 0 Å². The van der Waals surface area contributed by atoms with Gasteiger partial charge in [0.1, 0.15) is 11.6 Å². The summed E-state index contributed by atoms with van der Waals surface area (Å²) in [6, 6.07) is 5.73. The van der Waals surface area contributed by atoms with E-state index in [9.17, 15) is 19.1 Å². The van der Waals surface area contributed by atoms with Gasteiger partial charge in [0.15, 0.2) is 5.69 Å². The number of fused-ring (bicyclic) bond motifs is 4. The Kier molecular flexibility index (Phi) is 3.78. The lowest BCUT2D eigenvalue weighted by Gasteiger charge is -2.24. The Morgan fingerprint density at radius 2 is 2.08 bits per heavy atom. The highest BCUT2D eigenvalue weighted by Crippen LogP contribution is 2.42. The van der Waals surface area contributed by atoms with Crippen LogP contribution in [0.2, 0.25) is 0 Å². The van der Waals surface area contributed by atoms with Gasteiger partial charge in [-0.05, 0) is 42.9 Å². The number of amides is 1. The number of nitrogens with one attached hydrogen (secondary N) is 1. The van der Waals surface area contributed by atoms with Gasteiger partial charge in [-0.2, -0.15) is 0 Å². The molecule has 0 saturated heterocycles. The van der Waals surface area contributed by atoms with Gasteiger partial charge in [0.05, 0.1) is 0 Å². The highest BCUT2D eigenvalue weighted by Gasteiger charge is 2.36. The van der Waals surface area contributed by atoms with Gasteiger partial charge in [0.25, 0.3) is 11.5 Å². The lowest BCUT2D eigenvalue weighted by atomic mass is 9.99. The van der Waals surface area contributed by atoms with Crippen molar-refractivity contribution in [3.8, 4) is 5.75 Å². The first-order chi connectivity index (χ1) is 12.0. The van der Waals surface area contributed by atoms with Crippen molar-refractivity contribution in [2.75, 3.05) is 0 Å². The molecule has 6 nitrogen and oxygen atoms in total. The molecule has 2 heterocycles. The molecule has 130 valence electrons. The van der Waals surface area contributed by atoms with E-state index >= 15 is 0 Å². The first-order valence-electron chi connectivity index (χ1n) is 8.39. The van der Waals surface area contributed by atoms with Crippen LogP contribution in [0.5, 0.6) is 5.75 Å². The highest BCUT2D eigenvalue weighted by atomic mass is 19.1. The summed E-state index contributed by atoms with van der Waals surface area (Å²) < 4.78 is 14.4. The van der Waals surface area contributed by atoms with Crippen molar-refractivity contribution < 1.29 is 14.3 Å². The maximum Gasteiger partial charge on any atom is 0.296 e. The number of hydrogen-bond acceptors (Lipinski definition) is 4. The Balaban J connectivity index is 1.59. The molecule has 1 aliphatic heterocycles. The van der Waals surface area contributed by atoms with E-state index in [4.69, 9.17) is 0 Å². The molecule has 2 bridgehead atoms. The molecule has 4 rings (SSSR count). The molecule has 1 fully saturated rings. The van der Waals surface area contributed by atoms with Gasteiger partial charge in [-0.15, -0.1) is 0 Å². The van der Waals surface area contributed by atoms with Gasteiger partial charge in [-0.25, -0.2) is 9.37 Å². The van der Waals surface area contributed by atoms with Crippen LogP contribution in [0.1, 0.15) is 47.1 Å². The average molecular weight is 343 g/mol. The van der Waals surface area contributed by atoms with Crippen molar-refractivity contribution in [3.05, 3.63) is 57.5 Å². The van der Waals surface area contributed by atoms with Crippen LogP contribution in [0.4, 0.5) is 4.39 Å². The first-order valence-corrected chi connectivity index (χ1v) is 8.39. The van der Waals surface area contributed by atoms with Crippen molar-refractivity contribution in [1.82, 2.24) is 14.9 Å². The monoisotopic (exact) mass is 343 g/mol. The fourth-order valence-electron chi connectivity index (χ4n) is 3.81. The minimum atomic E-state index is -0.610. The summed E-state index contributed by atoms with van der Waals surface area (Å²) in [5.74, 6) is -0.343. The fraction of sp³-hybridized carbons (Fsp3) is 0.389. The Hall–Kier alpha value is -2.70. The van der Waals surface area contributed by atoms with Gasteiger partial charge in [0.2, 0.25) is 5.75 Å². The number of halogens is 1. The minimum absolute atomic E-state index is 0.157. The maximum absolute atomic E-state index is 12.9. The van der Waals surface area contributed by atoms with Crippen molar-refractivity contribution in [2.24, 2.45) is 5.92 Å². The quantitative estimate of drug-likeness (QED) is 0.892. The zero-order valence-corrected chi connectivity index (χ0v) is 13.5. The van der Waals surface area contributed by atoms with E-state index in [1.54, 1.807) is 12.1 Å². The van der Waals surface area contributed by atoms with Crippen LogP contribution in [0.25, 0.3) is 0 Å². The zero-order chi connectivity index (χ0) is 17.6. The van der Waals surface area contributed by atoms with Gasteiger partial charge >= 0.3 is 0 Å². The maximum atomic E-state index is 12.9. The van der Waals surface area contributed by atoms with Crippen LogP contribution in [0, 0.1) is 11.7 Å². The Labute approximate surface area is 143 Å². The molecule has 0 spiro atoms. The van der Waals surface area contributed by atoms with E-state index in [-0.39, 0.29) is 24.0 Å². The van der Waals surface area contributed by atoms with Gasteiger partial charge in [0, 0.05) is 19.0 Å². The van der Waals surface area contributed by atoms with Crippen LogP contribution in [0.3, 0.4) is 0 Å². The van der Waals surface area contributed by atoms with Crippen molar-refractivity contribution in [1.29, 1.82) is 0 Å².